The van der Waals surface area contributed by atoms with Gasteiger partial charge in [0.1, 0.15) is 3.70 Å². The van der Waals surface area contributed by atoms with Crippen LogP contribution in [0.1, 0.15) is 13.8 Å². The third kappa shape index (κ3) is 2.94. The van der Waals surface area contributed by atoms with Crippen LogP contribution in [0.4, 0.5) is 0 Å². The topological polar surface area (TPSA) is 17.8 Å². The number of nitrogens with zero attached hydrogens (tertiary/aromatic N) is 2. The molecule has 1 aromatic heterocycles. The molecule has 1 heterocycles. The number of benzene rings is 1. The molecule has 1 aromatic carbocycles. The Morgan fingerprint density at radius 1 is 1.33 bits per heavy atom. The average molecular weight is 350 g/mol. The van der Waals surface area contributed by atoms with Gasteiger partial charge in [0.15, 0.2) is 0 Å². The first-order valence-corrected chi connectivity index (χ1v) is 6.98. The van der Waals surface area contributed by atoms with Crippen LogP contribution in [0.3, 0.4) is 0 Å². The molecule has 0 spiro atoms. The number of rotatable bonds is 3. The van der Waals surface area contributed by atoms with Crippen molar-refractivity contribution in [3.05, 3.63) is 40.4 Å². The molecule has 92 valence electrons. The van der Waals surface area contributed by atoms with Crippen LogP contribution in [0, 0.1) is 21.5 Å². The predicted octanol–water partition coefficient (Wildman–Crippen LogP) is 3.81. The van der Waals surface area contributed by atoms with Gasteiger partial charge in [0, 0.05) is 18.0 Å². The van der Waals surface area contributed by atoms with Crippen molar-refractivity contribution in [1.82, 2.24) is 9.55 Å². The number of aromatic nitrogens is 2. The number of hydrogen-bond acceptors (Lipinski definition) is 1. The normalized spacial score (nSPS) is 11.7. The predicted molar refractivity (Wildman–Crippen MR) is 83.0 cm³/mol. The summed E-state index contributed by atoms with van der Waals surface area (Å²) < 4.78 is 3.22. The Bertz CT molecular complexity index is 576. The van der Waals surface area contributed by atoms with Gasteiger partial charge in [-0.1, -0.05) is 36.3 Å². The lowest BCUT2D eigenvalue weighted by molar-refractivity contribution is 0.589. The van der Waals surface area contributed by atoms with Crippen LogP contribution in [0.25, 0.3) is 11.3 Å². The fraction of sp³-hybridized carbons (Fsp3) is 0.267. The molecule has 0 N–H and O–H groups in total. The summed E-state index contributed by atoms with van der Waals surface area (Å²) in [6, 6.07) is 10.4. The van der Waals surface area contributed by atoms with Gasteiger partial charge in [-0.3, -0.25) is 0 Å². The first kappa shape index (κ1) is 13.2. The molecule has 0 radical (unpaired) electrons. The summed E-state index contributed by atoms with van der Waals surface area (Å²) in [5.74, 6) is 6.48. The van der Waals surface area contributed by atoms with E-state index in [2.05, 4.69) is 75.2 Å². The minimum absolute atomic E-state index is 0.336. The van der Waals surface area contributed by atoms with Crippen LogP contribution in [0.15, 0.2) is 36.7 Å². The molecule has 0 saturated heterocycles. The maximum Gasteiger partial charge on any atom is 0.127 e. The summed E-state index contributed by atoms with van der Waals surface area (Å²) in [5, 5.41) is 0. The summed E-state index contributed by atoms with van der Waals surface area (Å²) in [5.41, 5.74) is 2.39. The Hall–Kier alpha value is -1.28. The first-order chi connectivity index (χ1) is 8.72. The molecule has 0 saturated carbocycles. The van der Waals surface area contributed by atoms with E-state index in [1.807, 2.05) is 19.3 Å². The van der Waals surface area contributed by atoms with Gasteiger partial charge in [-0.15, -0.1) is 5.92 Å². The summed E-state index contributed by atoms with van der Waals surface area (Å²) >= 11 is 2.28. The van der Waals surface area contributed by atoms with Gasteiger partial charge in [-0.2, -0.15) is 0 Å². The van der Waals surface area contributed by atoms with Crippen molar-refractivity contribution in [3.63, 3.8) is 0 Å². The molecular formula is C15H15IN2. The van der Waals surface area contributed by atoms with Gasteiger partial charge < -0.3 is 4.57 Å². The third-order valence-corrected chi connectivity index (χ3v) is 3.49. The molecule has 2 rings (SSSR count). The van der Waals surface area contributed by atoms with Crippen LogP contribution in [-0.4, -0.2) is 9.55 Å². The van der Waals surface area contributed by atoms with Gasteiger partial charge in [-0.25, -0.2) is 4.98 Å². The molecule has 1 atom stereocenters. The standard InChI is InChI=1S/C15H15IN2/c1-3-7-12(2)10-18-11-17-15(16)14(18)13-8-5-4-6-9-13/h4-6,8-9,11-12H,10H2,1-2H3. The van der Waals surface area contributed by atoms with E-state index in [1.54, 1.807) is 0 Å². The van der Waals surface area contributed by atoms with Crippen LogP contribution < -0.4 is 0 Å². The maximum atomic E-state index is 4.41. The zero-order valence-electron chi connectivity index (χ0n) is 10.5. The molecule has 18 heavy (non-hydrogen) atoms. The molecule has 1 unspecified atom stereocenters. The van der Waals surface area contributed by atoms with Crippen molar-refractivity contribution < 1.29 is 0 Å². The molecule has 3 heteroatoms. The van der Waals surface area contributed by atoms with E-state index < -0.39 is 0 Å². The molecule has 0 bridgehead atoms. The van der Waals surface area contributed by atoms with Crippen LogP contribution in [0.2, 0.25) is 0 Å². The van der Waals surface area contributed by atoms with Crippen LogP contribution >= 0.6 is 22.6 Å². The van der Waals surface area contributed by atoms with E-state index in [0.29, 0.717) is 5.92 Å². The molecule has 2 nitrogen and oxygen atoms in total. The van der Waals surface area contributed by atoms with Gasteiger partial charge in [-0.05, 0) is 36.4 Å². The van der Waals surface area contributed by atoms with Crippen molar-refractivity contribution in [3.8, 4) is 23.1 Å². The molecule has 0 aliphatic carbocycles. The third-order valence-electron chi connectivity index (χ3n) is 2.70. The quantitative estimate of drug-likeness (QED) is 0.608. The van der Waals surface area contributed by atoms with Gasteiger partial charge in [0.05, 0.1) is 12.0 Å². The van der Waals surface area contributed by atoms with E-state index in [-0.39, 0.29) is 0 Å². The highest BCUT2D eigenvalue weighted by molar-refractivity contribution is 14.1. The van der Waals surface area contributed by atoms with Crippen molar-refractivity contribution in [1.29, 1.82) is 0 Å². The van der Waals surface area contributed by atoms with E-state index in [9.17, 15) is 0 Å². The minimum atomic E-state index is 0.336. The van der Waals surface area contributed by atoms with E-state index >= 15 is 0 Å². The minimum Gasteiger partial charge on any atom is -0.328 e. The SMILES string of the molecule is CC#CC(C)Cn1cnc(I)c1-c1ccccc1. The highest BCUT2D eigenvalue weighted by Gasteiger charge is 2.12. The lowest BCUT2D eigenvalue weighted by Crippen LogP contribution is -2.06. The summed E-state index contributed by atoms with van der Waals surface area (Å²) in [6.45, 7) is 4.89. The Morgan fingerprint density at radius 2 is 2.06 bits per heavy atom. The summed E-state index contributed by atoms with van der Waals surface area (Å²) in [6.07, 6.45) is 1.90. The highest BCUT2D eigenvalue weighted by Crippen LogP contribution is 2.25. The fourth-order valence-corrected chi connectivity index (χ4v) is 2.71. The second-order valence-corrected chi connectivity index (χ2v) is 5.22. The van der Waals surface area contributed by atoms with Crippen molar-refractivity contribution in [2.24, 2.45) is 5.92 Å². The maximum absolute atomic E-state index is 4.41. The van der Waals surface area contributed by atoms with E-state index in [0.717, 1.165) is 10.2 Å². The highest BCUT2D eigenvalue weighted by atomic mass is 127. The Morgan fingerprint density at radius 3 is 2.72 bits per heavy atom. The molecule has 0 amide bonds. The number of halogens is 1. The lowest BCUT2D eigenvalue weighted by atomic mass is 10.1. The molecular weight excluding hydrogens is 335 g/mol. The first-order valence-electron chi connectivity index (χ1n) is 5.90. The molecule has 0 aliphatic rings. The number of hydrogen-bond donors (Lipinski definition) is 0. The Labute approximate surface area is 122 Å². The fourth-order valence-electron chi connectivity index (χ4n) is 1.96. The molecule has 2 aromatic rings. The average Bonchev–Trinajstić information content (AvgIpc) is 2.72. The smallest absolute Gasteiger partial charge is 0.127 e. The van der Waals surface area contributed by atoms with Gasteiger partial charge in [0.25, 0.3) is 0 Å². The second-order valence-electron chi connectivity index (χ2n) is 4.20. The van der Waals surface area contributed by atoms with Gasteiger partial charge in [0.2, 0.25) is 0 Å². The van der Waals surface area contributed by atoms with Crippen LogP contribution in [-0.2, 0) is 6.54 Å². The Balaban J connectivity index is 2.35. The molecule has 0 fully saturated rings. The summed E-state index contributed by atoms with van der Waals surface area (Å²) in [4.78, 5) is 4.41. The van der Waals surface area contributed by atoms with Crippen LogP contribution in [0.5, 0.6) is 0 Å². The van der Waals surface area contributed by atoms with E-state index in [4.69, 9.17) is 0 Å². The van der Waals surface area contributed by atoms with Crippen molar-refractivity contribution in [2.45, 2.75) is 20.4 Å². The zero-order chi connectivity index (χ0) is 13.0. The second kappa shape index (κ2) is 6.05. The lowest BCUT2D eigenvalue weighted by Gasteiger charge is -2.10. The van der Waals surface area contributed by atoms with Crippen molar-refractivity contribution >= 4 is 22.6 Å². The summed E-state index contributed by atoms with van der Waals surface area (Å²) in [7, 11) is 0. The monoisotopic (exact) mass is 350 g/mol. The van der Waals surface area contributed by atoms with E-state index in [1.165, 1.54) is 11.3 Å². The number of imidazole rings is 1. The largest absolute Gasteiger partial charge is 0.328 e. The molecule has 0 aliphatic heterocycles. The Kier molecular flexibility index (Phi) is 4.43. The zero-order valence-corrected chi connectivity index (χ0v) is 12.7. The van der Waals surface area contributed by atoms with Gasteiger partial charge >= 0.3 is 0 Å². The van der Waals surface area contributed by atoms with Crippen molar-refractivity contribution in [2.75, 3.05) is 0 Å².